The highest BCUT2D eigenvalue weighted by Crippen LogP contribution is 2.41. The first kappa shape index (κ1) is 41.5. The van der Waals surface area contributed by atoms with Crippen LogP contribution in [-0.2, 0) is 54.6 Å². The molecule has 4 heterocycles. The van der Waals surface area contributed by atoms with Gasteiger partial charge < -0.3 is 34.6 Å². The average Bonchev–Trinajstić information content (AvgIpc) is 3.47. The first-order valence-electron chi connectivity index (χ1n) is 19.8. The van der Waals surface area contributed by atoms with E-state index < -0.39 is 34.9 Å². The molecule has 0 aliphatic carbocycles. The van der Waals surface area contributed by atoms with Crippen LogP contribution >= 0.6 is 0 Å². The smallest absolute Gasteiger partial charge is 0.259 e. The number of methoxy groups -OCH3 is 1. The van der Waals surface area contributed by atoms with E-state index in [1.165, 1.54) is 11.9 Å². The Bertz CT molecular complexity index is 2140. The van der Waals surface area contributed by atoms with E-state index in [4.69, 9.17) is 9.47 Å². The fourth-order valence-electron chi connectivity index (χ4n) is 8.30. The third-order valence-electron chi connectivity index (χ3n) is 11.0. The van der Waals surface area contributed by atoms with Crippen molar-refractivity contribution in [1.82, 2.24) is 30.6 Å². The van der Waals surface area contributed by atoms with Crippen molar-refractivity contribution < 1.29 is 33.8 Å². The molecule has 2 aliphatic heterocycles. The van der Waals surface area contributed by atoms with Crippen LogP contribution in [0, 0.1) is 11.3 Å². The molecule has 2 aliphatic rings. The number of hydrogen-bond donors (Lipinski definition) is 4. The lowest BCUT2D eigenvalue weighted by Gasteiger charge is -2.42. The number of aryl methyl sites for hydroxylation is 1. The number of aldehydes is 1. The third-order valence-corrected chi connectivity index (χ3v) is 11.0. The molecule has 13 heteroatoms. The molecular formula is C44H56N6O7. The largest absolute Gasteiger partial charge is 0.508 e. The maximum absolute atomic E-state index is 14.5. The van der Waals surface area contributed by atoms with Gasteiger partial charge in [0.05, 0.1) is 25.5 Å². The second-order valence-corrected chi connectivity index (χ2v) is 16.7. The van der Waals surface area contributed by atoms with E-state index in [1.54, 1.807) is 25.4 Å². The minimum atomic E-state index is -1.18. The molecule has 4 N–H and O–H groups in total. The Kier molecular flexibility index (Phi) is 12.5. The lowest BCUT2D eigenvalue weighted by Crippen LogP contribution is -2.66. The van der Waals surface area contributed by atoms with Crippen LogP contribution in [0.5, 0.6) is 5.75 Å². The number of phenolic OH excluding ortho intramolecular Hbond substituents is 1. The lowest BCUT2D eigenvalue weighted by molar-refractivity contribution is -0.147. The van der Waals surface area contributed by atoms with Crippen molar-refractivity contribution in [2.24, 2.45) is 11.3 Å². The molecule has 2 aromatic carbocycles. The Balaban J connectivity index is 1.53. The highest BCUT2D eigenvalue weighted by molar-refractivity contribution is 5.96. The molecule has 1 unspecified atom stereocenters. The summed E-state index contributed by atoms with van der Waals surface area (Å²) in [6.45, 7) is 13.2. The van der Waals surface area contributed by atoms with Crippen LogP contribution in [0.2, 0.25) is 0 Å². The van der Waals surface area contributed by atoms with Crippen LogP contribution in [0.4, 0.5) is 0 Å². The molecule has 6 bridgehead atoms. The number of ether oxygens (including phenoxy) is 2. The summed E-state index contributed by atoms with van der Waals surface area (Å²) in [7, 11) is 1.68. The van der Waals surface area contributed by atoms with Gasteiger partial charge in [0.25, 0.3) is 5.91 Å². The van der Waals surface area contributed by atoms with Crippen molar-refractivity contribution in [2.75, 3.05) is 26.9 Å². The van der Waals surface area contributed by atoms with Gasteiger partial charge in [-0.15, -0.1) is 0 Å². The Labute approximate surface area is 334 Å². The predicted molar refractivity (Wildman–Crippen MR) is 218 cm³/mol. The van der Waals surface area contributed by atoms with Gasteiger partial charge in [0.2, 0.25) is 11.8 Å². The lowest BCUT2D eigenvalue weighted by atomic mass is 9.84. The highest BCUT2D eigenvalue weighted by atomic mass is 16.5. The van der Waals surface area contributed by atoms with Crippen LogP contribution in [0.3, 0.4) is 0 Å². The Morgan fingerprint density at radius 3 is 2.63 bits per heavy atom. The van der Waals surface area contributed by atoms with E-state index in [0.717, 1.165) is 50.7 Å². The number of hydrogen-bond acceptors (Lipinski definition) is 9. The number of carbonyl (C=O) groups is 4. The van der Waals surface area contributed by atoms with E-state index in [1.807, 2.05) is 38.2 Å². The molecule has 1 fully saturated rings. The van der Waals surface area contributed by atoms with Crippen molar-refractivity contribution in [3.05, 3.63) is 71.5 Å². The number of phenols is 1. The van der Waals surface area contributed by atoms with Crippen molar-refractivity contribution in [2.45, 2.75) is 98.0 Å². The van der Waals surface area contributed by atoms with Gasteiger partial charge in [-0.1, -0.05) is 39.8 Å². The number of nitrogens with zero attached hydrogens (tertiary/aromatic N) is 3. The molecule has 0 spiro atoms. The minimum Gasteiger partial charge on any atom is -0.508 e. The molecule has 0 radical (unpaired) electrons. The zero-order valence-electron chi connectivity index (χ0n) is 34.1. The molecule has 6 rings (SSSR count). The molecule has 13 nitrogen and oxygen atoms in total. The van der Waals surface area contributed by atoms with Gasteiger partial charge in [-0.25, -0.2) is 5.43 Å². The van der Waals surface area contributed by atoms with E-state index in [-0.39, 0.29) is 30.6 Å². The summed E-state index contributed by atoms with van der Waals surface area (Å²) < 4.78 is 14.4. The second kappa shape index (κ2) is 17.2. The topological polar surface area (TPSA) is 164 Å². The number of aromatic hydroxyl groups is 1. The highest BCUT2D eigenvalue weighted by Gasteiger charge is 2.40. The zero-order chi connectivity index (χ0) is 41.1. The van der Waals surface area contributed by atoms with Gasteiger partial charge >= 0.3 is 0 Å². The summed E-state index contributed by atoms with van der Waals surface area (Å²) in [5, 5.41) is 19.2. The molecule has 4 aromatic rings. The van der Waals surface area contributed by atoms with Gasteiger partial charge in [-0.05, 0) is 95.7 Å². The Morgan fingerprint density at radius 1 is 1.14 bits per heavy atom. The fourth-order valence-corrected chi connectivity index (χ4v) is 8.30. The molecule has 2 aromatic heterocycles. The van der Waals surface area contributed by atoms with Gasteiger partial charge in [0.15, 0.2) is 0 Å². The average molecular weight is 781 g/mol. The number of pyridine rings is 1. The van der Waals surface area contributed by atoms with E-state index in [0.29, 0.717) is 51.1 Å². The Morgan fingerprint density at radius 2 is 1.93 bits per heavy atom. The Hall–Kier alpha value is -5.11. The van der Waals surface area contributed by atoms with Crippen molar-refractivity contribution in [3.8, 4) is 28.1 Å². The van der Waals surface area contributed by atoms with Crippen LogP contribution in [0.15, 0.2) is 54.9 Å². The number of aromatic nitrogens is 2. The number of hydrazine groups is 1. The summed E-state index contributed by atoms with van der Waals surface area (Å²) in [4.78, 5) is 57.7. The van der Waals surface area contributed by atoms with Crippen LogP contribution < -0.4 is 16.1 Å². The standard InChI is InChI=1S/C44H56N6O7/c1-8-49-38-11-10-30-20-34(38)35(40(49)36-22-45-14-12-31(36)23-56-7)21-43(5,6)25-57-26-44(24-51)13-9-15-50(48-44)42(55)37(18-29-16-32(30)19-33(53)17-29)47-41(54)39(27(2)3)46-28(4)52/h10-12,14,16-17,19-20,22,24,27,37,39,48,53H,8-9,13,15,18,21,23,25-26H2,1-7H3,(H,46,52)(H,47,54)/t37-,39-,44?/m0/s1. The monoisotopic (exact) mass is 780 g/mol. The van der Waals surface area contributed by atoms with Crippen LogP contribution in [0.1, 0.15) is 71.1 Å². The second-order valence-electron chi connectivity index (χ2n) is 16.7. The van der Waals surface area contributed by atoms with Gasteiger partial charge in [0, 0.05) is 62.4 Å². The van der Waals surface area contributed by atoms with E-state index in [9.17, 15) is 24.3 Å². The number of nitrogens with one attached hydrogen (secondary N) is 3. The molecule has 3 amide bonds. The number of fused-ring (bicyclic) bond motifs is 6. The maximum atomic E-state index is 14.5. The van der Waals surface area contributed by atoms with Crippen LogP contribution in [0.25, 0.3) is 33.3 Å². The number of amides is 3. The van der Waals surface area contributed by atoms with Gasteiger partial charge in [-0.3, -0.25) is 24.4 Å². The minimum absolute atomic E-state index is 0.00814. The summed E-state index contributed by atoms with van der Waals surface area (Å²) >= 11 is 0. The first-order chi connectivity index (χ1) is 27.2. The van der Waals surface area contributed by atoms with Gasteiger partial charge in [-0.2, -0.15) is 0 Å². The SMILES string of the molecule is CCn1c(-c2cnccc2COC)c2c3cc(ccc31)-c1cc(O)cc(c1)C[C@H](NC(=O)[C@@H](NC(C)=O)C(C)C)C(=O)N1CCCC(C=O)(COCC(C)(C)C2)N1. The van der Waals surface area contributed by atoms with Crippen molar-refractivity contribution in [3.63, 3.8) is 0 Å². The summed E-state index contributed by atoms with van der Waals surface area (Å²) in [5.41, 5.74) is 9.02. The fraction of sp³-hybridized carbons (Fsp3) is 0.477. The molecule has 304 valence electrons. The molecule has 3 atom stereocenters. The van der Waals surface area contributed by atoms with Crippen molar-refractivity contribution >= 4 is 34.9 Å². The first-order valence-corrected chi connectivity index (χ1v) is 19.8. The number of rotatable bonds is 9. The quantitative estimate of drug-likeness (QED) is 0.170. The van der Waals surface area contributed by atoms with Crippen molar-refractivity contribution in [1.29, 1.82) is 0 Å². The third kappa shape index (κ3) is 9.06. The molecule has 0 saturated carbocycles. The molecule has 57 heavy (non-hydrogen) atoms. The summed E-state index contributed by atoms with van der Waals surface area (Å²) in [6, 6.07) is 11.5. The molecule has 1 saturated heterocycles. The van der Waals surface area contributed by atoms with Crippen LogP contribution in [-0.4, -0.2) is 88.2 Å². The summed E-state index contributed by atoms with van der Waals surface area (Å²) in [5.74, 6) is -1.59. The number of benzene rings is 2. The maximum Gasteiger partial charge on any atom is 0.259 e. The summed E-state index contributed by atoms with van der Waals surface area (Å²) in [6.07, 6.45) is 6.12. The normalized spacial score (nSPS) is 20.5. The van der Waals surface area contributed by atoms with E-state index >= 15 is 0 Å². The molecular weight excluding hydrogens is 725 g/mol. The zero-order valence-corrected chi connectivity index (χ0v) is 34.1. The van der Waals surface area contributed by atoms with Gasteiger partial charge in [0.1, 0.15) is 29.7 Å². The van der Waals surface area contributed by atoms with E-state index in [2.05, 4.69) is 58.5 Å². The number of carbonyl (C=O) groups excluding carboxylic acids is 4. The predicted octanol–water partition coefficient (Wildman–Crippen LogP) is 5.09.